The van der Waals surface area contributed by atoms with Gasteiger partial charge in [-0.25, -0.2) is 9.78 Å². The molecule has 4 rings (SSSR count). The molecular weight excluding hydrogens is 434 g/mol. The Hall–Kier alpha value is -3.62. The van der Waals surface area contributed by atoms with Crippen LogP contribution in [0.5, 0.6) is 5.88 Å². The molecule has 2 N–H and O–H groups in total. The fraction of sp³-hybridized carbons (Fsp3) is 0.440. The SMILES string of the molecule is CC(C)Oc1ncc(-c2nc(-c3ccc4c(c3)CCN(C(=O)OC(C)(C)C)CC4)no2)cc1N. The number of aromatic nitrogens is 3. The number of anilines is 1. The minimum absolute atomic E-state index is 0.0277. The summed E-state index contributed by atoms with van der Waals surface area (Å²) in [6.45, 7) is 10.7. The van der Waals surface area contributed by atoms with E-state index in [1.54, 1.807) is 17.2 Å². The van der Waals surface area contributed by atoms with Crippen molar-refractivity contribution in [3.8, 4) is 28.7 Å². The van der Waals surface area contributed by atoms with Crippen molar-refractivity contribution in [1.29, 1.82) is 0 Å². The molecule has 1 amide bonds. The van der Waals surface area contributed by atoms with Crippen molar-refractivity contribution in [3.63, 3.8) is 0 Å². The van der Waals surface area contributed by atoms with Gasteiger partial charge in [-0.15, -0.1) is 0 Å². The van der Waals surface area contributed by atoms with Gasteiger partial charge in [0.25, 0.3) is 5.89 Å². The third kappa shape index (κ3) is 5.47. The van der Waals surface area contributed by atoms with E-state index in [4.69, 9.17) is 19.7 Å². The molecule has 0 saturated carbocycles. The van der Waals surface area contributed by atoms with Crippen molar-refractivity contribution in [3.05, 3.63) is 41.6 Å². The van der Waals surface area contributed by atoms with E-state index in [1.165, 1.54) is 5.56 Å². The highest BCUT2D eigenvalue weighted by Gasteiger charge is 2.24. The summed E-state index contributed by atoms with van der Waals surface area (Å²) in [6.07, 6.45) is 2.79. The Morgan fingerprint density at radius 2 is 1.85 bits per heavy atom. The first-order valence-corrected chi connectivity index (χ1v) is 11.5. The number of nitrogen functional groups attached to an aromatic ring is 1. The van der Waals surface area contributed by atoms with Crippen molar-refractivity contribution in [2.75, 3.05) is 18.8 Å². The quantitative estimate of drug-likeness (QED) is 0.598. The van der Waals surface area contributed by atoms with Gasteiger partial charge in [0.05, 0.1) is 17.4 Å². The molecular formula is C25H31N5O4. The smallest absolute Gasteiger partial charge is 0.410 e. The average Bonchev–Trinajstić information content (AvgIpc) is 3.14. The summed E-state index contributed by atoms with van der Waals surface area (Å²) < 4.78 is 16.6. The second-order valence-electron chi connectivity index (χ2n) is 9.66. The van der Waals surface area contributed by atoms with Gasteiger partial charge in [-0.2, -0.15) is 4.98 Å². The molecule has 1 aromatic carbocycles. The van der Waals surface area contributed by atoms with Gasteiger partial charge in [0.1, 0.15) is 5.60 Å². The molecule has 1 aliphatic rings. The molecule has 9 nitrogen and oxygen atoms in total. The number of hydrogen-bond donors (Lipinski definition) is 1. The van der Waals surface area contributed by atoms with Crippen LogP contribution in [0.2, 0.25) is 0 Å². The minimum Gasteiger partial charge on any atom is -0.473 e. The summed E-state index contributed by atoms with van der Waals surface area (Å²) in [5, 5.41) is 4.15. The number of benzene rings is 1. The summed E-state index contributed by atoms with van der Waals surface area (Å²) in [7, 11) is 0. The van der Waals surface area contributed by atoms with Gasteiger partial charge in [-0.3, -0.25) is 0 Å². The average molecular weight is 466 g/mol. The van der Waals surface area contributed by atoms with E-state index in [1.807, 2.05) is 40.7 Å². The van der Waals surface area contributed by atoms with Gasteiger partial charge in [0, 0.05) is 24.8 Å². The molecule has 3 aromatic rings. The molecule has 3 heterocycles. The lowest BCUT2D eigenvalue weighted by atomic mass is 10.00. The Bertz CT molecular complexity index is 1180. The van der Waals surface area contributed by atoms with Gasteiger partial charge < -0.3 is 24.6 Å². The number of pyridine rings is 1. The highest BCUT2D eigenvalue weighted by Crippen LogP contribution is 2.29. The number of fused-ring (bicyclic) bond motifs is 1. The van der Waals surface area contributed by atoms with Crippen LogP contribution < -0.4 is 10.5 Å². The van der Waals surface area contributed by atoms with Crippen LogP contribution in [-0.2, 0) is 17.6 Å². The number of carbonyl (C=O) groups is 1. The maximum Gasteiger partial charge on any atom is 0.410 e. The predicted octanol–water partition coefficient (Wildman–Crippen LogP) is 4.50. The van der Waals surface area contributed by atoms with E-state index in [-0.39, 0.29) is 12.2 Å². The Morgan fingerprint density at radius 3 is 2.53 bits per heavy atom. The topological polar surface area (TPSA) is 117 Å². The maximum absolute atomic E-state index is 12.5. The Kier molecular flexibility index (Phi) is 6.45. The molecule has 34 heavy (non-hydrogen) atoms. The molecule has 2 aromatic heterocycles. The molecule has 0 aliphatic carbocycles. The fourth-order valence-electron chi connectivity index (χ4n) is 3.74. The summed E-state index contributed by atoms with van der Waals surface area (Å²) in [4.78, 5) is 23.1. The number of carbonyl (C=O) groups excluding carboxylic acids is 1. The zero-order valence-corrected chi connectivity index (χ0v) is 20.3. The fourth-order valence-corrected chi connectivity index (χ4v) is 3.74. The number of amides is 1. The largest absolute Gasteiger partial charge is 0.473 e. The number of rotatable bonds is 4. The Morgan fingerprint density at radius 1 is 1.12 bits per heavy atom. The van der Waals surface area contributed by atoms with Crippen LogP contribution in [0, 0.1) is 0 Å². The molecule has 9 heteroatoms. The van der Waals surface area contributed by atoms with E-state index < -0.39 is 5.60 Å². The van der Waals surface area contributed by atoms with Gasteiger partial charge in [0.2, 0.25) is 11.7 Å². The van der Waals surface area contributed by atoms with Crippen LogP contribution in [-0.4, -0.2) is 50.9 Å². The van der Waals surface area contributed by atoms with Gasteiger partial charge >= 0.3 is 6.09 Å². The summed E-state index contributed by atoms with van der Waals surface area (Å²) in [5.41, 5.74) is 9.80. The molecule has 180 valence electrons. The predicted molar refractivity (Wildman–Crippen MR) is 128 cm³/mol. The highest BCUT2D eigenvalue weighted by atomic mass is 16.6. The van der Waals surface area contributed by atoms with Crippen LogP contribution >= 0.6 is 0 Å². The number of ether oxygens (including phenoxy) is 2. The normalized spacial score (nSPS) is 14.0. The van der Waals surface area contributed by atoms with Crippen molar-refractivity contribution in [2.24, 2.45) is 0 Å². The van der Waals surface area contributed by atoms with E-state index in [0.717, 1.165) is 24.0 Å². The number of nitrogens with two attached hydrogens (primary N) is 1. The summed E-state index contributed by atoms with van der Waals surface area (Å²) >= 11 is 0. The van der Waals surface area contributed by atoms with Crippen LogP contribution in [0.25, 0.3) is 22.8 Å². The highest BCUT2D eigenvalue weighted by molar-refractivity contribution is 5.69. The van der Waals surface area contributed by atoms with Crippen LogP contribution in [0.15, 0.2) is 35.0 Å². The van der Waals surface area contributed by atoms with Crippen molar-refractivity contribution in [2.45, 2.75) is 59.2 Å². The van der Waals surface area contributed by atoms with E-state index >= 15 is 0 Å². The molecule has 0 unspecified atom stereocenters. The first-order valence-electron chi connectivity index (χ1n) is 11.5. The number of hydrogen-bond acceptors (Lipinski definition) is 8. The standard InChI is InChI=1S/C25H31N5O4/c1-15(2)32-23-20(26)13-19(14-27-23)22-28-21(29-34-22)18-7-6-16-8-10-30(11-9-17(16)12-18)24(31)33-25(3,4)5/h6-7,12-15H,8-11,26H2,1-5H3. The molecule has 0 radical (unpaired) electrons. The van der Waals surface area contributed by atoms with Crippen LogP contribution in [0.1, 0.15) is 45.7 Å². The molecule has 0 saturated heterocycles. The zero-order valence-electron chi connectivity index (χ0n) is 20.3. The molecule has 0 bridgehead atoms. The zero-order chi connectivity index (χ0) is 24.5. The lowest BCUT2D eigenvalue weighted by Crippen LogP contribution is -2.38. The maximum atomic E-state index is 12.5. The van der Waals surface area contributed by atoms with Crippen molar-refractivity contribution < 1.29 is 18.8 Å². The lowest BCUT2D eigenvalue weighted by Gasteiger charge is -2.26. The van der Waals surface area contributed by atoms with Crippen LogP contribution in [0.3, 0.4) is 0 Å². The Labute approximate surface area is 199 Å². The summed E-state index contributed by atoms with van der Waals surface area (Å²) in [5.74, 6) is 1.19. The second-order valence-corrected chi connectivity index (χ2v) is 9.66. The first kappa shape index (κ1) is 23.5. The molecule has 0 spiro atoms. The molecule has 0 atom stereocenters. The molecule has 1 aliphatic heterocycles. The number of nitrogens with zero attached hydrogens (tertiary/aromatic N) is 4. The van der Waals surface area contributed by atoms with Gasteiger partial charge in [-0.05, 0) is 70.7 Å². The van der Waals surface area contributed by atoms with Gasteiger partial charge in [-0.1, -0.05) is 17.3 Å². The third-order valence-corrected chi connectivity index (χ3v) is 5.32. The van der Waals surface area contributed by atoms with Gasteiger partial charge in [0.15, 0.2) is 0 Å². The monoisotopic (exact) mass is 465 g/mol. The second kappa shape index (κ2) is 9.32. The minimum atomic E-state index is -0.512. The lowest BCUT2D eigenvalue weighted by molar-refractivity contribution is 0.0258. The molecule has 0 fully saturated rings. The van der Waals surface area contributed by atoms with Crippen molar-refractivity contribution >= 4 is 11.8 Å². The Balaban J connectivity index is 1.50. The first-order chi connectivity index (χ1) is 16.1. The van der Waals surface area contributed by atoms with E-state index in [0.29, 0.717) is 41.9 Å². The van der Waals surface area contributed by atoms with E-state index in [2.05, 4.69) is 27.3 Å². The third-order valence-electron chi connectivity index (χ3n) is 5.32. The van der Waals surface area contributed by atoms with Crippen molar-refractivity contribution in [1.82, 2.24) is 20.0 Å². The van der Waals surface area contributed by atoms with E-state index in [9.17, 15) is 4.79 Å². The van der Waals surface area contributed by atoms with Crippen LogP contribution in [0.4, 0.5) is 10.5 Å². The summed E-state index contributed by atoms with van der Waals surface area (Å²) in [6, 6.07) is 7.82.